The maximum Gasteiger partial charge on any atom is 0.125 e. The van der Waals surface area contributed by atoms with Gasteiger partial charge in [-0.3, -0.25) is 0 Å². The van der Waals surface area contributed by atoms with E-state index in [9.17, 15) is 0 Å². The summed E-state index contributed by atoms with van der Waals surface area (Å²) in [5.41, 5.74) is 3.86. The fourth-order valence-electron chi connectivity index (χ4n) is 3.52. The van der Waals surface area contributed by atoms with Crippen molar-refractivity contribution in [2.75, 3.05) is 26.2 Å². The van der Waals surface area contributed by atoms with Gasteiger partial charge in [-0.15, -0.1) is 0 Å². The molecule has 2 rings (SSSR count). The van der Waals surface area contributed by atoms with E-state index in [1.807, 2.05) is 4.90 Å². The summed E-state index contributed by atoms with van der Waals surface area (Å²) in [6.45, 7) is 11.5. The van der Waals surface area contributed by atoms with E-state index in [0.29, 0.717) is 0 Å². The summed E-state index contributed by atoms with van der Waals surface area (Å²) in [7, 11) is 0. The fourth-order valence-corrected chi connectivity index (χ4v) is 3.52. The quantitative estimate of drug-likeness (QED) is 0.726. The second kappa shape index (κ2) is 8.43. The highest BCUT2D eigenvalue weighted by molar-refractivity contribution is 5.42. The molecule has 1 aromatic carbocycles. The van der Waals surface area contributed by atoms with Crippen LogP contribution in [0.5, 0.6) is 5.75 Å². The summed E-state index contributed by atoms with van der Waals surface area (Å²) in [6, 6.07) is 4.42. The summed E-state index contributed by atoms with van der Waals surface area (Å²) < 4.78 is 6.00. The van der Waals surface area contributed by atoms with E-state index in [-0.39, 0.29) is 0 Å². The summed E-state index contributed by atoms with van der Waals surface area (Å²) in [5, 5.41) is 0. The van der Waals surface area contributed by atoms with E-state index < -0.39 is 0 Å². The SMILES string of the molecule is Cc1cc(C)c(OCCCCCC[NH+]2CCCC2)c(C)c1. The molecule has 2 heteroatoms. The third-order valence-corrected chi connectivity index (χ3v) is 4.59. The number of benzene rings is 1. The lowest BCUT2D eigenvalue weighted by Gasteiger charge is -2.13. The molecule has 1 aromatic rings. The van der Waals surface area contributed by atoms with Gasteiger partial charge in [-0.25, -0.2) is 0 Å². The van der Waals surface area contributed by atoms with Gasteiger partial charge in [-0.05, 0) is 57.6 Å². The Bertz CT molecular complexity index is 412. The molecular formula is C19H32NO+. The van der Waals surface area contributed by atoms with Crippen LogP contribution in [0.3, 0.4) is 0 Å². The Kier molecular flexibility index (Phi) is 6.56. The maximum atomic E-state index is 6.00. The molecule has 118 valence electrons. The fraction of sp³-hybridized carbons (Fsp3) is 0.684. The molecule has 0 aliphatic carbocycles. The molecule has 0 atom stereocenters. The number of unbranched alkanes of at least 4 members (excludes halogenated alkanes) is 3. The predicted octanol–water partition coefficient (Wildman–Crippen LogP) is 3.23. The van der Waals surface area contributed by atoms with Gasteiger partial charge in [0.15, 0.2) is 0 Å². The Labute approximate surface area is 130 Å². The van der Waals surface area contributed by atoms with Crippen LogP contribution in [0.4, 0.5) is 0 Å². The Balaban J connectivity index is 1.57. The lowest BCUT2D eigenvalue weighted by atomic mass is 10.1. The number of ether oxygens (including phenoxy) is 1. The van der Waals surface area contributed by atoms with E-state index in [0.717, 1.165) is 12.4 Å². The maximum absolute atomic E-state index is 6.00. The average Bonchev–Trinajstić information content (AvgIpc) is 2.93. The van der Waals surface area contributed by atoms with E-state index >= 15 is 0 Å². The van der Waals surface area contributed by atoms with E-state index in [1.165, 1.54) is 74.8 Å². The first kappa shape index (κ1) is 16.4. The summed E-state index contributed by atoms with van der Waals surface area (Å²) in [5.74, 6) is 1.10. The van der Waals surface area contributed by atoms with Crippen LogP contribution >= 0.6 is 0 Å². The zero-order valence-electron chi connectivity index (χ0n) is 14.1. The van der Waals surface area contributed by atoms with Gasteiger partial charge in [-0.1, -0.05) is 17.7 Å². The van der Waals surface area contributed by atoms with Crippen LogP contribution in [0.1, 0.15) is 55.2 Å². The molecule has 0 saturated carbocycles. The number of rotatable bonds is 8. The van der Waals surface area contributed by atoms with Crippen molar-refractivity contribution in [1.29, 1.82) is 0 Å². The highest BCUT2D eigenvalue weighted by Gasteiger charge is 2.13. The minimum Gasteiger partial charge on any atom is -0.493 e. The topological polar surface area (TPSA) is 13.7 Å². The average molecular weight is 290 g/mol. The largest absolute Gasteiger partial charge is 0.493 e. The summed E-state index contributed by atoms with van der Waals surface area (Å²) in [6.07, 6.45) is 8.12. The number of quaternary nitrogens is 1. The summed E-state index contributed by atoms with van der Waals surface area (Å²) in [4.78, 5) is 1.83. The van der Waals surface area contributed by atoms with Crippen molar-refractivity contribution in [3.63, 3.8) is 0 Å². The lowest BCUT2D eigenvalue weighted by Crippen LogP contribution is -3.09. The highest BCUT2D eigenvalue weighted by atomic mass is 16.5. The molecular weight excluding hydrogens is 258 g/mol. The number of hydrogen-bond acceptors (Lipinski definition) is 1. The molecule has 0 spiro atoms. The minimum absolute atomic E-state index is 0.862. The van der Waals surface area contributed by atoms with Gasteiger partial charge in [-0.2, -0.15) is 0 Å². The number of hydrogen-bond donors (Lipinski definition) is 1. The van der Waals surface area contributed by atoms with Crippen LogP contribution in [0.15, 0.2) is 12.1 Å². The van der Waals surface area contributed by atoms with Crippen molar-refractivity contribution in [2.45, 2.75) is 59.3 Å². The van der Waals surface area contributed by atoms with Gasteiger partial charge in [0, 0.05) is 12.8 Å². The number of nitrogens with one attached hydrogen (secondary N) is 1. The van der Waals surface area contributed by atoms with E-state index in [1.54, 1.807) is 0 Å². The molecule has 0 unspecified atom stereocenters. The van der Waals surface area contributed by atoms with Crippen LogP contribution in [0.2, 0.25) is 0 Å². The van der Waals surface area contributed by atoms with Gasteiger partial charge in [0.2, 0.25) is 0 Å². The molecule has 21 heavy (non-hydrogen) atoms. The molecule has 0 amide bonds. The molecule has 0 aromatic heterocycles. The molecule has 1 heterocycles. The molecule has 1 aliphatic rings. The zero-order chi connectivity index (χ0) is 15.1. The van der Waals surface area contributed by atoms with Gasteiger partial charge in [0.1, 0.15) is 5.75 Å². The molecule has 1 aliphatic heterocycles. The van der Waals surface area contributed by atoms with Crippen LogP contribution < -0.4 is 9.64 Å². The van der Waals surface area contributed by atoms with Crippen molar-refractivity contribution in [1.82, 2.24) is 0 Å². The Morgan fingerprint density at radius 3 is 2.19 bits per heavy atom. The third kappa shape index (κ3) is 5.35. The van der Waals surface area contributed by atoms with Crippen molar-refractivity contribution < 1.29 is 9.64 Å². The van der Waals surface area contributed by atoms with Crippen molar-refractivity contribution in [2.24, 2.45) is 0 Å². The van der Waals surface area contributed by atoms with Crippen LogP contribution in [-0.2, 0) is 0 Å². The Morgan fingerprint density at radius 2 is 1.52 bits per heavy atom. The highest BCUT2D eigenvalue weighted by Crippen LogP contribution is 2.24. The third-order valence-electron chi connectivity index (χ3n) is 4.59. The second-order valence-corrected chi connectivity index (χ2v) is 6.70. The molecule has 1 fully saturated rings. The molecule has 1 N–H and O–H groups in total. The predicted molar refractivity (Wildman–Crippen MR) is 89.4 cm³/mol. The smallest absolute Gasteiger partial charge is 0.125 e. The first-order chi connectivity index (χ1) is 10.2. The molecule has 0 bridgehead atoms. The van der Waals surface area contributed by atoms with Crippen molar-refractivity contribution in [3.8, 4) is 5.75 Å². The lowest BCUT2D eigenvalue weighted by molar-refractivity contribution is -0.887. The van der Waals surface area contributed by atoms with Gasteiger partial charge in [0.05, 0.1) is 26.2 Å². The van der Waals surface area contributed by atoms with Crippen LogP contribution in [-0.4, -0.2) is 26.2 Å². The number of aryl methyl sites for hydroxylation is 3. The van der Waals surface area contributed by atoms with E-state index in [4.69, 9.17) is 4.74 Å². The Hall–Kier alpha value is -1.02. The van der Waals surface area contributed by atoms with Crippen molar-refractivity contribution >= 4 is 0 Å². The minimum atomic E-state index is 0.862. The van der Waals surface area contributed by atoms with Gasteiger partial charge >= 0.3 is 0 Å². The van der Waals surface area contributed by atoms with Crippen LogP contribution in [0, 0.1) is 20.8 Å². The first-order valence-electron chi connectivity index (χ1n) is 8.71. The Morgan fingerprint density at radius 1 is 0.905 bits per heavy atom. The molecule has 1 saturated heterocycles. The normalized spacial score (nSPS) is 15.6. The van der Waals surface area contributed by atoms with Gasteiger partial charge < -0.3 is 9.64 Å². The van der Waals surface area contributed by atoms with Crippen LogP contribution in [0.25, 0.3) is 0 Å². The first-order valence-corrected chi connectivity index (χ1v) is 8.71. The summed E-state index contributed by atoms with van der Waals surface area (Å²) >= 11 is 0. The monoisotopic (exact) mass is 290 g/mol. The molecule has 0 radical (unpaired) electrons. The molecule has 2 nitrogen and oxygen atoms in total. The number of likely N-dealkylation sites (tertiary alicyclic amines) is 1. The van der Waals surface area contributed by atoms with Crippen molar-refractivity contribution in [3.05, 3.63) is 28.8 Å². The standard InChI is InChI=1S/C19H31NO/c1-16-14-17(2)19(18(3)15-16)21-13-9-5-4-6-10-20-11-7-8-12-20/h14-15H,4-13H2,1-3H3/p+1. The zero-order valence-corrected chi connectivity index (χ0v) is 14.1. The van der Waals surface area contributed by atoms with E-state index in [2.05, 4.69) is 32.9 Å². The second-order valence-electron chi connectivity index (χ2n) is 6.70. The van der Waals surface area contributed by atoms with Gasteiger partial charge in [0.25, 0.3) is 0 Å².